The van der Waals surface area contributed by atoms with Crippen LogP contribution in [0.25, 0.3) is 0 Å². The smallest absolute Gasteiger partial charge is 0.275 e. The molecule has 0 aliphatic heterocycles. The van der Waals surface area contributed by atoms with Gasteiger partial charge in [-0.05, 0) is 48.7 Å². The number of anilines is 2. The van der Waals surface area contributed by atoms with E-state index in [4.69, 9.17) is 15.2 Å². The van der Waals surface area contributed by atoms with Gasteiger partial charge in [-0.1, -0.05) is 23.4 Å². The van der Waals surface area contributed by atoms with Crippen molar-refractivity contribution < 1.29 is 19.1 Å². The number of aryl methyl sites for hydroxylation is 1. The summed E-state index contributed by atoms with van der Waals surface area (Å²) in [5, 5.41) is 13.2. The molecule has 2 amide bonds. The van der Waals surface area contributed by atoms with E-state index < -0.39 is 5.91 Å². The number of methoxy groups -OCH3 is 2. The lowest BCUT2D eigenvalue weighted by molar-refractivity contribution is -0.116. The third kappa shape index (κ3) is 5.54. The minimum atomic E-state index is -0.465. The molecule has 0 saturated heterocycles. The first-order chi connectivity index (χ1) is 15.4. The van der Waals surface area contributed by atoms with Crippen molar-refractivity contribution >= 4 is 23.3 Å². The van der Waals surface area contributed by atoms with Crippen LogP contribution in [0.4, 0.5) is 11.5 Å². The largest absolute Gasteiger partial charge is 0.493 e. The van der Waals surface area contributed by atoms with Gasteiger partial charge in [-0.3, -0.25) is 9.59 Å². The Bertz CT molecular complexity index is 1110. The molecule has 168 valence electrons. The number of hydrogen-bond donors (Lipinski definition) is 3. The van der Waals surface area contributed by atoms with Gasteiger partial charge in [0, 0.05) is 12.2 Å². The van der Waals surface area contributed by atoms with Gasteiger partial charge in [0.1, 0.15) is 6.54 Å². The van der Waals surface area contributed by atoms with E-state index in [2.05, 4.69) is 20.9 Å². The summed E-state index contributed by atoms with van der Waals surface area (Å²) in [6.45, 7) is 2.13. The molecule has 32 heavy (non-hydrogen) atoms. The first-order valence-electron chi connectivity index (χ1n) is 9.96. The third-order valence-corrected chi connectivity index (χ3v) is 4.73. The van der Waals surface area contributed by atoms with Crippen molar-refractivity contribution in [3.8, 4) is 11.5 Å². The summed E-state index contributed by atoms with van der Waals surface area (Å²) < 4.78 is 11.7. The molecule has 0 spiro atoms. The van der Waals surface area contributed by atoms with Gasteiger partial charge in [0.25, 0.3) is 5.91 Å². The fourth-order valence-corrected chi connectivity index (χ4v) is 3.10. The summed E-state index contributed by atoms with van der Waals surface area (Å²) in [6, 6.07) is 13.0. The highest BCUT2D eigenvalue weighted by Gasteiger charge is 2.19. The average molecular weight is 438 g/mol. The van der Waals surface area contributed by atoms with E-state index in [9.17, 15) is 9.59 Å². The summed E-state index contributed by atoms with van der Waals surface area (Å²) in [6.07, 6.45) is 0.568. The van der Waals surface area contributed by atoms with Crippen LogP contribution in [0.15, 0.2) is 42.5 Å². The van der Waals surface area contributed by atoms with E-state index in [-0.39, 0.29) is 24.0 Å². The van der Waals surface area contributed by atoms with Crippen LogP contribution in [0, 0.1) is 6.92 Å². The van der Waals surface area contributed by atoms with Gasteiger partial charge in [0.15, 0.2) is 23.0 Å². The molecule has 0 unspecified atom stereocenters. The molecule has 0 aliphatic rings. The van der Waals surface area contributed by atoms with Crippen molar-refractivity contribution in [2.45, 2.75) is 19.9 Å². The van der Waals surface area contributed by atoms with Crippen molar-refractivity contribution in [2.75, 3.05) is 31.8 Å². The molecule has 0 bridgehead atoms. The van der Waals surface area contributed by atoms with E-state index >= 15 is 0 Å². The number of nitrogens with two attached hydrogens (primary N) is 1. The Kier molecular flexibility index (Phi) is 7.27. The van der Waals surface area contributed by atoms with Crippen molar-refractivity contribution in [1.82, 2.24) is 20.3 Å². The minimum Gasteiger partial charge on any atom is -0.493 e. The quantitative estimate of drug-likeness (QED) is 0.464. The molecule has 0 aliphatic carbocycles. The Morgan fingerprint density at radius 2 is 1.88 bits per heavy atom. The molecule has 0 saturated carbocycles. The normalized spacial score (nSPS) is 10.5. The Labute approximate surface area is 185 Å². The van der Waals surface area contributed by atoms with Crippen molar-refractivity contribution in [1.29, 1.82) is 0 Å². The monoisotopic (exact) mass is 438 g/mol. The first kappa shape index (κ1) is 22.6. The molecule has 1 heterocycles. The van der Waals surface area contributed by atoms with Crippen molar-refractivity contribution in [2.24, 2.45) is 0 Å². The van der Waals surface area contributed by atoms with E-state index in [1.165, 1.54) is 4.68 Å². The van der Waals surface area contributed by atoms with Gasteiger partial charge >= 0.3 is 0 Å². The number of rotatable bonds is 9. The van der Waals surface area contributed by atoms with Crippen LogP contribution in [0.3, 0.4) is 0 Å². The first-order valence-corrected chi connectivity index (χ1v) is 9.96. The number of nitrogens with one attached hydrogen (secondary N) is 2. The number of nitrogens with zero attached hydrogens (tertiary/aromatic N) is 3. The summed E-state index contributed by atoms with van der Waals surface area (Å²) in [7, 11) is 3.14. The second-order valence-corrected chi connectivity index (χ2v) is 7.09. The van der Waals surface area contributed by atoms with Gasteiger partial charge in [-0.15, -0.1) is 5.10 Å². The Balaban J connectivity index is 1.55. The highest BCUT2D eigenvalue weighted by atomic mass is 16.5. The highest BCUT2D eigenvalue weighted by Crippen LogP contribution is 2.27. The van der Waals surface area contributed by atoms with E-state index in [1.54, 1.807) is 26.4 Å². The minimum absolute atomic E-state index is 0.0213. The molecule has 0 fully saturated rings. The predicted molar refractivity (Wildman–Crippen MR) is 120 cm³/mol. The molecule has 2 aromatic carbocycles. The van der Waals surface area contributed by atoms with Crippen molar-refractivity contribution in [3.63, 3.8) is 0 Å². The third-order valence-electron chi connectivity index (χ3n) is 4.73. The SMILES string of the molecule is COc1ccc(CCNC(=O)c2nnn(CC(=O)Nc3cccc(C)c3)c2N)cc1OC. The fraction of sp³-hybridized carbons (Fsp3) is 0.273. The molecule has 3 rings (SSSR count). The maximum atomic E-state index is 12.5. The summed E-state index contributed by atoms with van der Waals surface area (Å²) in [5.74, 6) is 0.484. The fourth-order valence-electron chi connectivity index (χ4n) is 3.10. The van der Waals surface area contributed by atoms with Gasteiger partial charge in [0.05, 0.1) is 14.2 Å². The zero-order chi connectivity index (χ0) is 23.1. The zero-order valence-electron chi connectivity index (χ0n) is 18.2. The second kappa shape index (κ2) is 10.3. The van der Waals surface area contributed by atoms with Crippen LogP contribution in [-0.4, -0.2) is 47.6 Å². The van der Waals surface area contributed by atoms with Crippen LogP contribution >= 0.6 is 0 Å². The predicted octanol–water partition coefficient (Wildman–Crippen LogP) is 1.80. The lowest BCUT2D eigenvalue weighted by Gasteiger charge is -2.10. The number of ether oxygens (including phenoxy) is 2. The Morgan fingerprint density at radius 1 is 1.09 bits per heavy atom. The summed E-state index contributed by atoms with van der Waals surface area (Å²) in [4.78, 5) is 24.7. The molecule has 1 aromatic heterocycles. The van der Waals surface area contributed by atoms with Crippen LogP contribution < -0.4 is 25.8 Å². The van der Waals surface area contributed by atoms with Crippen LogP contribution in [0.5, 0.6) is 11.5 Å². The Morgan fingerprint density at radius 3 is 2.59 bits per heavy atom. The molecular weight excluding hydrogens is 412 g/mol. The molecule has 10 nitrogen and oxygen atoms in total. The van der Waals surface area contributed by atoms with Gasteiger partial charge in [0.2, 0.25) is 5.91 Å². The lowest BCUT2D eigenvalue weighted by atomic mass is 10.1. The number of hydrogen-bond acceptors (Lipinski definition) is 7. The van der Waals surface area contributed by atoms with Gasteiger partial charge in [-0.25, -0.2) is 4.68 Å². The topological polar surface area (TPSA) is 133 Å². The van der Waals surface area contributed by atoms with E-state index in [1.807, 2.05) is 37.3 Å². The standard InChI is InChI=1S/C22H26N6O4/c1-14-5-4-6-16(11-14)25-19(29)13-28-21(23)20(26-27-28)22(30)24-10-9-15-7-8-17(31-2)18(12-15)32-3/h4-8,11-12H,9-10,13,23H2,1-3H3,(H,24,30)(H,25,29). The van der Waals surface area contributed by atoms with Crippen molar-refractivity contribution in [3.05, 3.63) is 59.3 Å². The average Bonchev–Trinajstić information content (AvgIpc) is 3.13. The number of nitrogen functional groups attached to an aromatic ring is 1. The zero-order valence-corrected chi connectivity index (χ0v) is 18.2. The number of benzene rings is 2. The number of carbonyl (C=O) groups is 2. The van der Waals surface area contributed by atoms with Crippen LogP contribution in [-0.2, 0) is 17.8 Å². The molecule has 0 radical (unpaired) electrons. The van der Waals surface area contributed by atoms with Crippen LogP contribution in [0.1, 0.15) is 21.6 Å². The van der Waals surface area contributed by atoms with Gasteiger partial charge < -0.3 is 25.8 Å². The molecule has 10 heteroatoms. The highest BCUT2D eigenvalue weighted by molar-refractivity contribution is 5.97. The molecular formula is C22H26N6O4. The number of aromatic nitrogens is 3. The van der Waals surface area contributed by atoms with Gasteiger partial charge in [-0.2, -0.15) is 0 Å². The summed E-state index contributed by atoms with van der Waals surface area (Å²) >= 11 is 0. The molecule has 0 atom stereocenters. The van der Waals surface area contributed by atoms with E-state index in [0.29, 0.717) is 30.2 Å². The lowest BCUT2D eigenvalue weighted by Crippen LogP contribution is -2.27. The maximum absolute atomic E-state index is 12.5. The number of amides is 2. The Hall–Kier alpha value is -4.08. The van der Waals surface area contributed by atoms with E-state index in [0.717, 1.165) is 11.1 Å². The molecule has 3 aromatic rings. The van der Waals surface area contributed by atoms with Crippen LogP contribution in [0.2, 0.25) is 0 Å². The molecule has 4 N–H and O–H groups in total. The maximum Gasteiger partial charge on any atom is 0.275 e. The second-order valence-electron chi connectivity index (χ2n) is 7.09. The number of carbonyl (C=O) groups excluding carboxylic acids is 2. The summed E-state index contributed by atoms with van der Waals surface area (Å²) in [5.41, 5.74) is 8.62.